The molecule has 3 N–H and O–H groups in total. The Hall–Kier alpha value is -2.68. The third kappa shape index (κ3) is 7.15. The summed E-state index contributed by atoms with van der Waals surface area (Å²) in [7, 11) is 2.08. The van der Waals surface area contributed by atoms with Crippen LogP contribution in [0.5, 0.6) is 5.75 Å². The number of nitrogens with one attached hydrogen (secondary N) is 1. The third-order valence-corrected chi connectivity index (χ3v) is 6.04. The molecule has 0 bridgehead atoms. The Labute approximate surface area is 194 Å². The number of hydrogen-bond donors (Lipinski definition) is 3. The molecule has 2 aromatic carbocycles. The summed E-state index contributed by atoms with van der Waals surface area (Å²) in [5.74, 6) is -2.71. The van der Waals surface area contributed by atoms with Gasteiger partial charge in [-0.25, -0.2) is 9.18 Å². The fourth-order valence-electron chi connectivity index (χ4n) is 3.71. The highest BCUT2D eigenvalue weighted by atomic mass is 19.1. The average Bonchev–Trinajstić information content (AvgIpc) is 2.78. The summed E-state index contributed by atoms with van der Waals surface area (Å²) in [6, 6.07) is 13.0. The molecule has 1 fully saturated rings. The van der Waals surface area contributed by atoms with Crippen molar-refractivity contribution in [3.63, 3.8) is 0 Å². The topological polar surface area (TPSA) is 85.3 Å². The Kier molecular flexibility index (Phi) is 8.29. The number of likely N-dealkylation sites (tertiary alicyclic amines) is 1. The first kappa shape index (κ1) is 25.0. The highest BCUT2D eigenvalue weighted by molar-refractivity contribution is 5.74. The molecule has 2 amide bonds. The van der Waals surface area contributed by atoms with E-state index >= 15 is 0 Å². The van der Waals surface area contributed by atoms with Crippen LogP contribution in [0.15, 0.2) is 48.5 Å². The predicted octanol–water partition coefficient (Wildman–Crippen LogP) is 3.30. The van der Waals surface area contributed by atoms with E-state index in [0.717, 1.165) is 37.1 Å². The molecule has 2 aromatic rings. The maximum absolute atomic E-state index is 13.3. The molecule has 180 valence electrons. The van der Waals surface area contributed by atoms with Crippen molar-refractivity contribution in [3.05, 3.63) is 65.5 Å². The lowest BCUT2D eigenvalue weighted by atomic mass is 10.0. The van der Waals surface area contributed by atoms with Crippen LogP contribution in [0.3, 0.4) is 0 Å². The zero-order chi connectivity index (χ0) is 24.0. The lowest BCUT2D eigenvalue weighted by molar-refractivity contribution is -0.317. The molecule has 1 heterocycles. The summed E-state index contributed by atoms with van der Waals surface area (Å²) in [5, 5.41) is 22.7. The van der Waals surface area contributed by atoms with Gasteiger partial charge in [0, 0.05) is 25.0 Å². The minimum absolute atomic E-state index is 0.111. The number of piperidine rings is 1. The van der Waals surface area contributed by atoms with Gasteiger partial charge in [0.1, 0.15) is 11.6 Å². The second kappa shape index (κ2) is 11.0. The number of amides is 2. The molecular weight excluding hydrogens is 425 g/mol. The Bertz CT molecular complexity index is 895. The summed E-state index contributed by atoms with van der Waals surface area (Å²) < 4.78 is 18.5. The SMILES string of the molecule is CC(C)C(O)(O)Oc1ccc(CNC(=O)N(Cc2ccc(F)cc2)C2CCN(C)CC2)cc1. The van der Waals surface area contributed by atoms with E-state index in [2.05, 4.69) is 17.3 Å². The first-order chi connectivity index (χ1) is 15.6. The molecule has 7 nitrogen and oxygen atoms in total. The molecule has 1 aliphatic rings. The van der Waals surface area contributed by atoms with Crippen LogP contribution in [0.4, 0.5) is 9.18 Å². The van der Waals surface area contributed by atoms with Crippen LogP contribution in [0, 0.1) is 11.7 Å². The largest absolute Gasteiger partial charge is 0.439 e. The highest BCUT2D eigenvalue weighted by Gasteiger charge is 2.30. The highest BCUT2D eigenvalue weighted by Crippen LogP contribution is 2.22. The van der Waals surface area contributed by atoms with Gasteiger partial charge < -0.3 is 30.1 Å². The molecule has 0 spiro atoms. The molecule has 3 rings (SSSR count). The van der Waals surface area contributed by atoms with Crippen LogP contribution < -0.4 is 10.1 Å². The number of aliphatic hydroxyl groups is 2. The molecule has 0 aliphatic carbocycles. The smallest absolute Gasteiger partial charge is 0.324 e. The number of urea groups is 1. The summed E-state index contributed by atoms with van der Waals surface area (Å²) in [4.78, 5) is 17.2. The van der Waals surface area contributed by atoms with Crippen molar-refractivity contribution in [1.29, 1.82) is 0 Å². The molecule has 0 radical (unpaired) electrons. The van der Waals surface area contributed by atoms with E-state index in [-0.39, 0.29) is 17.9 Å². The van der Waals surface area contributed by atoms with E-state index in [4.69, 9.17) is 4.74 Å². The van der Waals surface area contributed by atoms with Gasteiger partial charge in [-0.05, 0) is 68.4 Å². The number of hydrogen-bond acceptors (Lipinski definition) is 5. The van der Waals surface area contributed by atoms with Gasteiger partial charge in [0.2, 0.25) is 0 Å². The van der Waals surface area contributed by atoms with Crippen molar-refractivity contribution in [3.8, 4) is 5.75 Å². The number of nitrogens with zero attached hydrogens (tertiary/aromatic N) is 2. The number of carbonyl (C=O) groups is 1. The van der Waals surface area contributed by atoms with E-state index in [9.17, 15) is 19.4 Å². The second-order valence-corrected chi connectivity index (χ2v) is 9.01. The molecule has 0 unspecified atom stereocenters. The summed E-state index contributed by atoms with van der Waals surface area (Å²) in [5.41, 5.74) is 1.74. The van der Waals surface area contributed by atoms with Gasteiger partial charge in [-0.15, -0.1) is 0 Å². The van der Waals surface area contributed by atoms with Crippen molar-refractivity contribution in [2.24, 2.45) is 5.92 Å². The molecule has 33 heavy (non-hydrogen) atoms. The van der Waals surface area contributed by atoms with E-state index in [1.807, 2.05) is 4.90 Å². The zero-order valence-electron chi connectivity index (χ0n) is 19.5. The molecule has 1 aliphatic heterocycles. The predicted molar refractivity (Wildman–Crippen MR) is 124 cm³/mol. The average molecular weight is 460 g/mol. The lowest BCUT2D eigenvalue weighted by Crippen LogP contribution is -2.49. The third-order valence-electron chi connectivity index (χ3n) is 6.04. The number of halogens is 1. The van der Waals surface area contributed by atoms with Crippen LogP contribution in [-0.4, -0.2) is 58.2 Å². The number of benzene rings is 2. The Morgan fingerprint density at radius 1 is 1.12 bits per heavy atom. The second-order valence-electron chi connectivity index (χ2n) is 9.01. The van der Waals surface area contributed by atoms with E-state index in [1.165, 1.54) is 12.1 Å². The summed E-state index contributed by atoms with van der Waals surface area (Å²) >= 11 is 0. The first-order valence-electron chi connectivity index (χ1n) is 11.3. The van der Waals surface area contributed by atoms with Crippen molar-refractivity contribution in [1.82, 2.24) is 15.1 Å². The van der Waals surface area contributed by atoms with Crippen molar-refractivity contribution in [2.75, 3.05) is 20.1 Å². The van der Waals surface area contributed by atoms with Crippen LogP contribution in [0.1, 0.15) is 37.8 Å². The van der Waals surface area contributed by atoms with E-state index in [1.54, 1.807) is 50.2 Å². The van der Waals surface area contributed by atoms with Gasteiger partial charge in [0.15, 0.2) is 0 Å². The Morgan fingerprint density at radius 2 is 1.70 bits per heavy atom. The maximum Gasteiger partial charge on any atom is 0.324 e. The standard InChI is InChI=1S/C25H34FN3O4/c1-18(2)25(31,32)33-23-10-6-19(7-11-23)16-27-24(30)29(22-12-14-28(3)15-13-22)17-20-4-8-21(26)9-5-20/h4-11,18,22,31-32H,12-17H2,1-3H3,(H,27,30). The lowest BCUT2D eigenvalue weighted by Gasteiger charge is -2.37. The van der Waals surface area contributed by atoms with Crippen molar-refractivity contribution < 1.29 is 24.1 Å². The molecule has 1 saturated heterocycles. The quantitative estimate of drug-likeness (QED) is 0.528. The monoisotopic (exact) mass is 459 g/mol. The normalized spacial score (nSPS) is 15.5. The number of ether oxygens (including phenoxy) is 1. The van der Waals surface area contributed by atoms with Crippen molar-refractivity contribution in [2.45, 2.75) is 51.8 Å². The van der Waals surface area contributed by atoms with Gasteiger partial charge >= 0.3 is 12.0 Å². The molecular formula is C25H34FN3O4. The number of carbonyl (C=O) groups excluding carboxylic acids is 1. The zero-order valence-corrected chi connectivity index (χ0v) is 19.5. The summed E-state index contributed by atoms with van der Waals surface area (Å²) in [6.07, 6.45) is 1.77. The molecule has 0 aromatic heterocycles. The van der Waals surface area contributed by atoms with Crippen LogP contribution in [0.2, 0.25) is 0 Å². The minimum Gasteiger partial charge on any atom is -0.439 e. The Balaban J connectivity index is 1.63. The van der Waals surface area contributed by atoms with Gasteiger partial charge in [-0.3, -0.25) is 0 Å². The van der Waals surface area contributed by atoms with E-state index < -0.39 is 11.9 Å². The van der Waals surface area contributed by atoms with Gasteiger partial charge in [0.25, 0.3) is 0 Å². The van der Waals surface area contributed by atoms with Crippen LogP contribution >= 0.6 is 0 Å². The fraction of sp³-hybridized carbons (Fsp3) is 0.480. The van der Waals surface area contributed by atoms with Crippen LogP contribution in [0.25, 0.3) is 0 Å². The van der Waals surface area contributed by atoms with E-state index in [0.29, 0.717) is 18.8 Å². The first-order valence-corrected chi connectivity index (χ1v) is 11.3. The fourth-order valence-corrected chi connectivity index (χ4v) is 3.71. The minimum atomic E-state index is -2.25. The van der Waals surface area contributed by atoms with Crippen molar-refractivity contribution >= 4 is 6.03 Å². The molecule has 8 heteroatoms. The van der Waals surface area contributed by atoms with Crippen LogP contribution in [-0.2, 0) is 13.1 Å². The maximum atomic E-state index is 13.3. The van der Waals surface area contributed by atoms with Gasteiger partial charge in [-0.2, -0.15) is 0 Å². The van der Waals surface area contributed by atoms with Gasteiger partial charge in [0.05, 0.1) is 0 Å². The number of rotatable bonds is 8. The molecule has 0 saturated carbocycles. The molecule has 0 atom stereocenters. The van der Waals surface area contributed by atoms with Gasteiger partial charge in [-0.1, -0.05) is 38.1 Å². The summed E-state index contributed by atoms with van der Waals surface area (Å²) in [6.45, 7) is 5.87. The Morgan fingerprint density at radius 3 is 2.27 bits per heavy atom.